The molecule has 4 nitrogen and oxygen atoms in total. The summed E-state index contributed by atoms with van der Waals surface area (Å²) in [6, 6.07) is 110. The smallest absolute Gasteiger partial charge is 0.309 e. The summed E-state index contributed by atoms with van der Waals surface area (Å²) in [6.45, 7) is 15.9. The predicted molar refractivity (Wildman–Crippen MR) is 501 cm³/mol. The van der Waals surface area contributed by atoms with Crippen molar-refractivity contribution in [2.75, 3.05) is 0 Å². The summed E-state index contributed by atoms with van der Waals surface area (Å²) in [5.74, 6) is 0. The maximum Gasteiger partial charge on any atom is 0.417 e. The molecule has 0 fully saturated rings. The highest BCUT2D eigenvalue weighted by Crippen LogP contribution is 2.48. The molecule has 22 aromatic rings. The Morgan fingerprint density at radius 2 is 0.385 bits per heavy atom. The largest absolute Gasteiger partial charge is 0.417 e. The van der Waals surface area contributed by atoms with Crippen LogP contribution in [-0.2, 0) is 12.4 Å². The second-order valence-electron chi connectivity index (χ2n) is 33.5. The van der Waals surface area contributed by atoms with Crippen molar-refractivity contribution in [3.05, 3.63) is 383 Å². The summed E-state index contributed by atoms with van der Waals surface area (Å²) in [6.07, 6.45) is -9.64. The number of aromatic nitrogens is 4. The van der Waals surface area contributed by atoms with Crippen molar-refractivity contribution in [2.24, 2.45) is 0 Å². The number of nitrogens with zero attached hydrogens (tertiary/aromatic N) is 4. The quantitative estimate of drug-likeness (QED) is 0.0660. The number of halogens is 6. The summed E-state index contributed by atoms with van der Waals surface area (Å²) in [5.41, 5.74) is 24.3. The van der Waals surface area contributed by atoms with Gasteiger partial charge in [0.25, 0.3) is 0 Å². The number of rotatable bonds is 12. The lowest BCUT2D eigenvalue weighted by atomic mass is 9.33. The summed E-state index contributed by atoms with van der Waals surface area (Å²) < 4.78 is 109. The number of fused-ring (bicyclic) bond motifs is 12. The average Bonchev–Trinajstić information content (AvgIpc) is 1.12. The maximum atomic E-state index is 16.6. The first-order chi connectivity index (χ1) is 59.2. The zero-order valence-corrected chi connectivity index (χ0v) is 68.4. The molecule has 0 saturated carbocycles. The minimum Gasteiger partial charge on any atom is -0.309 e. The van der Waals surface area contributed by atoms with E-state index in [1.807, 2.05) is 24.3 Å². The summed E-state index contributed by atoms with van der Waals surface area (Å²) >= 11 is 0. The van der Waals surface area contributed by atoms with Crippen LogP contribution in [0.1, 0.15) is 55.6 Å². The second kappa shape index (κ2) is 27.7. The van der Waals surface area contributed by atoms with Crippen molar-refractivity contribution in [1.29, 1.82) is 0 Å². The Balaban J connectivity index is 0.879. The van der Waals surface area contributed by atoms with Crippen LogP contribution < -0.4 is 32.8 Å². The molecule has 18 aromatic carbocycles. The van der Waals surface area contributed by atoms with E-state index in [-0.39, 0.29) is 11.1 Å². The van der Waals surface area contributed by atoms with Crippen LogP contribution in [0.5, 0.6) is 0 Å². The van der Waals surface area contributed by atoms with Crippen LogP contribution >= 0.6 is 0 Å². The zero-order chi connectivity index (χ0) is 83.2. The van der Waals surface area contributed by atoms with Crippen LogP contribution in [0.4, 0.5) is 26.3 Å². The van der Waals surface area contributed by atoms with Crippen LogP contribution in [0.3, 0.4) is 0 Å². The molecular weight excluding hydrogens is 1510 g/mol. The third-order valence-corrected chi connectivity index (χ3v) is 26.5. The van der Waals surface area contributed by atoms with Crippen molar-refractivity contribution in [3.8, 4) is 45.0 Å². The Morgan fingerprint density at radius 1 is 0.197 bits per heavy atom. The van der Waals surface area contributed by atoms with Gasteiger partial charge in [-0.15, -0.1) is 0 Å². The number of alkyl halides is 6. The van der Waals surface area contributed by atoms with Crippen LogP contribution in [0.25, 0.3) is 165 Å². The lowest BCUT2D eigenvalue weighted by molar-refractivity contribution is -0.137. The first-order valence-electron chi connectivity index (χ1n) is 41.7. The van der Waals surface area contributed by atoms with Gasteiger partial charge in [0.05, 0.1) is 55.3 Å². The first kappa shape index (κ1) is 74.2. The topological polar surface area (TPSA) is 19.7 Å². The van der Waals surface area contributed by atoms with Gasteiger partial charge in [-0.2, -0.15) is 26.3 Å². The van der Waals surface area contributed by atoms with E-state index in [1.165, 1.54) is 12.1 Å². The number of para-hydroxylation sites is 8. The van der Waals surface area contributed by atoms with Gasteiger partial charge in [0, 0.05) is 65.8 Å². The standard InChI is InChI=1S/C110H78B2F6N4/c1-63-53-71(119-95-41-21-11-31-77(95)78-32-12-22-42-96(78)119)54-64(2)105(63)111(106-65(3)55-72(56-66(106)4)120-97-43-23-13-33-79(97)80-34-14-24-44-98(80)120)93-61-89(75-29-9-19-39-91(75)109(113,114)115)85-50-52-88-94(62-90(86-49-51-87(93)103(85)104(86)88)76-30-10-20-40-92(76)110(116,117)118)112(107-67(5)57-73(58-68(107)6)121-99-45-25-15-35-81(99)82-36-16-26-46-100(82)121)108-69(7)59-74(60-70(108)8)122-101-47-27-17-37-83(101)84-38-18-28-48-102(84)122/h9-62H,1-8H3. The minimum absolute atomic E-state index is 0.0202. The molecule has 0 aliphatic carbocycles. The van der Waals surface area contributed by atoms with Gasteiger partial charge in [0.2, 0.25) is 13.4 Å². The highest BCUT2D eigenvalue weighted by molar-refractivity contribution is 6.99. The summed E-state index contributed by atoms with van der Waals surface area (Å²) in [5, 5.41) is 12.8. The van der Waals surface area contributed by atoms with Crippen molar-refractivity contribution >= 4 is 166 Å². The fraction of sp³-hybridized carbons (Fsp3) is 0.0909. The number of benzene rings is 18. The zero-order valence-electron chi connectivity index (χ0n) is 68.4. The highest BCUT2D eigenvalue weighted by Gasteiger charge is 2.40. The molecule has 0 aliphatic rings. The molecule has 0 atom stereocenters. The fourth-order valence-corrected chi connectivity index (χ4v) is 21.8. The van der Waals surface area contributed by atoms with Crippen molar-refractivity contribution in [3.63, 3.8) is 0 Å². The first-order valence-corrected chi connectivity index (χ1v) is 41.7. The molecule has 122 heavy (non-hydrogen) atoms. The third-order valence-electron chi connectivity index (χ3n) is 26.5. The van der Waals surface area contributed by atoms with Crippen LogP contribution in [-0.4, -0.2) is 31.7 Å². The van der Waals surface area contributed by atoms with E-state index in [1.54, 1.807) is 24.3 Å². The third kappa shape index (κ3) is 11.2. The van der Waals surface area contributed by atoms with E-state index in [0.717, 1.165) is 210 Å². The molecule has 0 spiro atoms. The molecule has 0 aliphatic heterocycles. The van der Waals surface area contributed by atoms with Gasteiger partial charge in [0.15, 0.2) is 0 Å². The molecule has 4 aromatic heterocycles. The highest BCUT2D eigenvalue weighted by atomic mass is 19.4. The van der Waals surface area contributed by atoms with Gasteiger partial charge in [0.1, 0.15) is 0 Å². The lowest BCUT2D eigenvalue weighted by Gasteiger charge is -2.30. The van der Waals surface area contributed by atoms with Gasteiger partial charge in [-0.25, -0.2) is 0 Å². The molecule has 0 unspecified atom stereocenters. The Hall–Kier alpha value is -14.1. The summed E-state index contributed by atoms with van der Waals surface area (Å²) in [4.78, 5) is 0. The van der Waals surface area contributed by atoms with E-state index in [4.69, 9.17) is 0 Å². The van der Waals surface area contributed by atoms with Crippen LogP contribution in [0, 0.1) is 55.4 Å². The molecule has 0 bridgehead atoms. The second-order valence-corrected chi connectivity index (χ2v) is 33.5. The Bertz CT molecular complexity index is 7070. The molecule has 22 rings (SSSR count). The number of aryl methyl sites for hydroxylation is 8. The Morgan fingerprint density at radius 3 is 0.598 bits per heavy atom. The van der Waals surface area contributed by atoms with E-state index in [9.17, 15) is 0 Å². The fourth-order valence-electron chi connectivity index (χ4n) is 21.8. The van der Waals surface area contributed by atoms with Crippen LogP contribution in [0.2, 0.25) is 0 Å². The van der Waals surface area contributed by atoms with E-state index >= 15 is 26.3 Å². The van der Waals surface area contributed by atoms with Crippen molar-refractivity contribution in [2.45, 2.75) is 67.7 Å². The number of hydrogen-bond acceptors (Lipinski definition) is 0. The minimum atomic E-state index is -4.82. The molecule has 586 valence electrons. The normalized spacial score (nSPS) is 12.3. The summed E-state index contributed by atoms with van der Waals surface area (Å²) in [7, 11) is 0. The van der Waals surface area contributed by atoms with Gasteiger partial charge in [-0.05, 0) is 219 Å². The van der Waals surface area contributed by atoms with Gasteiger partial charge in [-0.3, -0.25) is 0 Å². The van der Waals surface area contributed by atoms with Gasteiger partial charge in [-0.1, -0.05) is 296 Å². The predicted octanol–water partition coefficient (Wildman–Crippen LogP) is 25.8. The molecule has 0 radical (unpaired) electrons. The van der Waals surface area contributed by atoms with Crippen LogP contribution in [0.15, 0.2) is 328 Å². The SMILES string of the molecule is Cc1cc(-n2c3ccccc3c3ccccc32)cc(C)c1B(c1c(C)cc(-n2c3ccccc3c3ccccc32)cc1C)c1cc(-c2ccccc2C(F)(F)F)c2ccc3c(B(c4c(C)cc(-n5c6ccccc6c6ccccc65)cc4C)c4c(C)cc(-n5c6ccccc6c6ccccc65)cc4C)cc(-c4ccccc4C(F)(F)F)c4ccc1c2c34. The monoisotopic (exact) mass is 1590 g/mol. The van der Waals surface area contributed by atoms with Gasteiger partial charge >= 0.3 is 12.4 Å². The molecule has 0 N–H and O–H groups in total. The molecule has 0 amide bonds. The van der Waals surface area contributed by atoms with E-state index in [2.05, 4.69) is 328 Å². The van der Waals surface area contributed by atoms with E-state index in [0.29, 0.717) is 32.7 Å². The lowest BCUT2D eigenvalue weighted by Crippen LogP contribution is -2.56. The average molecular weight is 1590 g/mol. The molecular formula is C110H78B2F6N4. The number of hydrogen-bond donors (Lipinski definition) is 0. The van der Waals surface area contributed by atoms with Crippen molar-refractivity contribution in [1.82, 2.24) is 18.3 Å². The van der Waals surface area contributed by atoms with Gasteiger partial charge < -0.3 is 18.3 Å². The van der Waals surface area contributed by atoms with E-state index < -0.39 is 36.9 Å². The Kier molecular flexibility index (Phi) is 16.9. The maximum absolute atomic E-state index is 16.6. The molecule has 4 heterocycles. The molecule has 0 saturated heterocycles. The van der Waals surface area contributed by atoms with Crippen molar-refractivity contribution < 1.29 is 26.3 Å². The molecule has 12 heteroatoms. The Labute approximate surface area is 701 Å².